The summed E-state index contributed by atoms with van der Waals surface area (Å²) in [6, 6.07) is 70.9. The molecular weight excluding hydrogens is 1020 g/mol. The summed E-state index contributed by atoms with van der Waals surface area (Å²) < 4.78 is 42.2. The van der Waals surface area contributed by atoms with Crippen LogP contribution in [-0.2, 0) is 26.5 Å². The number of hydrogen-bond donors (Lipinski definition) is 0. The molecule has 0 spiro atoms. The molecule has 10 aromatic rings. The molecule has 0 amide bonds. The standard InChI is InChI=1S/C58H41F2N5O.Pt/c1-58(2,3)40-28-29-61-57(32-40)65-53-23-13-11-21-50(53)51-27-26-47(37-56(51)65)66-48-35-45(34-46(36-48)64(43-16-6-4-7-17-43)44-18-8-5-9-19-44)62-38-63(55-25-15-14-24-54(55)62)52-22-12-10-20-49(52)39-30-41(59)33-42(60)31-39;/h4-34,36H,1-3H3;/q;+2. The summed E-state index contributed by atoms with van der Waals surface area (Å²) in [7, 11) is 0. The average molecular weight is 1060 g/mol. The molecule has 0 N–H and O–H groups in total. The van der Waals surface area contributed by atoms with Crippen molar-refractivity contribution in [2.75, 3.05) is 4.90 Å². The van der Waals surface area contributed by atoms with Crippen LogP contribution in [0, 0.1) is 23.8 Å². The van der Waals surface area contributed by atoms with Crippen LogP contribution >= 0.6 is 0 Å². The van der Waals surface area contributed by atoms with E-state index in [1.165, 1.54) is 17.7 Å². The van der Waals surface area contributed by atoms with Crippen LogP contribution in [0.15, 0.2) is 194 Å². The Balaban J connectivity index is 0.00000525. The Bertz CT molecular complexity index is 3520. The first-order valence-corrected chi connectivity index (χ1v) is 21.8. The largest absolute Gasteiger partial charge is 2.00 e. The van der Waals surface area contributed by atoms with Crippen LogP contribution in [0.4, 0.5) is 48.6 Å². The summed E-state index contributed by atoms with van der Waals surface area (Å²) in [5, 5.41) is 2.11. The Morgan fingerprint density at radius 3 is 1.91 bits per heavy atom. The van der Waals surface area contributed by atoms with E-state index in [2.05, 4.69) is 109 Å². The third kappa shape index (κ3) is 8.16. The van der Waals surface area contributed by atoms with E-state index in [4.69, 9.17) is 9.72 Å². The number of para-hydroxylation sites is 6. The molecule has 326 valence electrons. The van der Waals surface area contributed by atoms with Gasteiger partial charge in [-0.25, -0.2) is 13.8 Å². The van der Waals surface area contributed by atoms with E-state index in [1.54, 1.807) is 0 Å². The molecule has 1 aliphatic rings. The smallest absolute Gasteiger partial charge is 0.509 e. The van der Waals surface area contributed by atoms with Gasteiger partial charge in [0, 0.05) is 58.9 Å². The van der Waals surface area contributed by atoms with Crippen LogP contribution in [0.3, 0.4) is 0 Å². The van der Waals surface area contributed by atoms with Gasteiger partial charge in [0.2, 0.25) is 5.69 Å². The molecule has 0 atom stereocenters. The summed E-state index contributed by atoms with van der Waals surface area (Å²) in [5.74, 6) is 0.434. The second-order valence-electron chi connectivity index (χ2n) is 17.2. The quantitative estimate of drug-likeness (QED) is 0.107. The number of rotatable bonds is 9. The van der Waals surface area contributed by atoms with Gasteiger partial charge in [-0.2, -0.15) is 6.07 Å². The predicted octanol–water partition coefficient (Wildman–Crippen LogP) is 15.1. The van der Waals surface area contributed by atoms with Gasteiger partial charge in [-0.1, -0.05) is 128 Å². The molecule has 67 heavy (non-hydrogen) atoms. The van der Waals surface area contributed by atoms with Crippen LogP contribution < -0.4 is 18.8 Å². The minimum absolute atomic E-state index is 0. The fraction of sp³-hybridized carbons (Fsp3) is 0.0690. The van der Waals surface area contributed by atoms with Crippen molar-refractivity contribution in [3.63, 3.8) is 0 Å². The summed E-state index contributed by atoms with van der Waals surface area (Å²) >= 11 is 0. The first kappa shape index (κ1) is 43.1. The zero-order chi connectivity index (χ0) is 44.9. The maximum Gasteiger partial charge on any atom is 2.00 e. The molecule has 11 rings (SSSR count). The number of pyridine rings is 1. The molecule has 0 fully saturated rings. The number of ether oxygens (including phenoxy) is 1. The maximum absolute atomic E-state index is 14.7. The Morgan fingerprint density at radius 1 is 0.582 bits per heavy atom. The minimum Gasteiger partial charge on any atom is -0.509 e. The number of benzene rings is 8. The Kier molecular flexibility index (Phi) is 11.3. The van der Waals surface area contributed by atoms with Crippen LogP contribution in [0.2, 0.25) is 0 Å². The van der Waals surface area contributed by atoms with Crippen molar-refractivity contribution in [1.82, 2.24) is 18.7 Å². The van der Waals surface area contributed by atoms with Gasteiger partial charge >= 0.3 is 27.1 Å². The normalized spacial score (nSPS) is 12.1. The number of fused-ring (bicyclic) bond motifs is 4. The van der Waals surface area contributed by atoms with Gasteiger partial charge in [0.05, 0.1) is 5.56 Å². The van der Waals surface area contributed by atoms with Crippen molar-refractivity contribution in [2.24, 2.45) is 0 Å². The van der Waals surface area contributed by atoms with Crippen molar-refractivity contribution in [3.8, 4) is 28.4 Å². The van der Waals surface area contributed by atoms with E-state index in [9.17, 15) is 8.78 Å². The molecule has 0 radical (unpaired) electrons. The van der Waals surface area contributed by atoms with E-state index >= 15 is 0 Å². The van der Waals surface area contributed by atoms with Gasteiger partial charge in [-0.15, -0.1) is 23.6 Å². The molecule has 0 bridgehead atoms. The van der Waals surface area contributed by atoms with E-state index in [1.807, 2.05) is 125 Å². The first-order valence-electron chi connectivity index (χ1n) is 21.8. The topological polar surface area (TPSA) is 36.3 Å². The van der Waals surface area contributed by atoms with E-state index in [0.29, 0.717) is 34.0 Å². The van der Waals surface area contributed by atoms with E-state index in [-0.39, 0.29) is 26.5 Å². The SMILES string of the molecule is CC(C)(C)c1ccnc(-n2c3[c-]c(Oc4[c-]c([N+]5=C=[N+](c6ccccc6-c6cc(F)cc(F)c6)c6ccccc65)cc(N(c5ccccc5)c5ccccc5)c4)ccc3c3ccccc32)c1.[Pt+2]. The second kappa shape index (κ2) is 17.6. The Hall–Kier alpha value is -7.76. The summed E-state index contributed by atoms with van der Waals surface area (Å²) in [6.45, 7) is 6.61. The van der Waals surface area contributed by atoms with Gasteiger partial charge in [-0.05, 0) is 87.2 Å². The van der Waals surface area contributed by atoms with Crippen LogP contribution in [0.5, 0.6) is 11.5 Å². The molecule has 9 heteroatoms. The molecule has 0 saturated carbocycles. The van der Waals surface area contributed by atoms with Crippen molar-refractivity contribution in [2.45, 2.75) is 26.2 Å². The van der Waals surface area contributed by atoms with Gasteiger partial charge in [-0.3, -0.25) is 0 Å². The minimum atomic E-state index is -0.652. The van der Waals surface area contributed by atoms with Crippen molar-refractivity contribution >= 4 is 67.6 Å². The zero-order valence-electron chi connectivity index (χ0n) is 36.7. The molecule has 3 heterocycles. The third-order valence-corrected chi connectivity index (χ3v) is 11.8. The molecular formula is C58H41F2N5OPt+2. The number of aromatic nitrogens is 2. The number of halogens is 2. The second-order valence-corrected chi connectivity index (χ2v) is 17.2. The number of anilines is 3. The van der Waals surface area contributed by atoms with Gasteiger partial charge in [0.15, 0.2) is 0 Å². The average Bonchev–Trinajstić information content (AvgIpc) is 3.88. The van der Waals surface area contributed by atoms with Crippen molar-refractivity contribution in [1.29, 1.82) is 0 Å². The maximum atomic E-state index is 14.7. The van der Waals surface area contributed by atoms with E-state index in [0.717, 1.165) is 62.1 Å². The fourth-order valence-corrected chi connectivity index (χ4v) is 8.76. The number of nitrogens with zero attached hydrogens (tertiary/aromatic N) is 5. The zero-order valence-corrected chi connectivity index (χ0v) is 39.0. The van der Waals surface area contributed by atoms with Crippen LogP contribution in [0.25, 0.3) is 38.8 Å². The van der Waals surface area contributed by atoms with E-state index < -0.39 is 11.6 Å². The van der Waals surface area contributed by atoms with Gasteiger partial charge in [0.25, 0.3) is 11.4 Å². The molecule has 0 unspecified atom stereocenters. The van der Waals surface area contributed by atoms with Gasteiger partial charge in [0.1, 0.15) is 23.1 Å². The van der Waals surface area contributed by atoms with Crippen molar-refractivity contribution in [3.05, 3.63) is 224 Å². The monoisotopic (exact) mass is 1060 g/mol. The molecule has 0 saturated heterocycles. The molecule has 8 aromatic carbocycles. The van der Waals surface area contributed by atoms with Gasteiger partial charge < -0.3 is 14.2 Å². The molecule has 0 aliphatic carbocycles. The molecule has 2 aromatic heterocycles. The summed E-state index contributed by atoms with van der Waals surface area (Å²) in [6.07, 6.45) is 1.87. The first-order chi connectivity index (χ1) is 32.2. The summed E-state index contributed by atoms with van der Waals surface area (Å²) in [4.78, 5) is 7.05. The van der Waals surface area contributed by atoms with Crippen LogP contribution in [0.1, 0.15) is 26.3 Å². The number of hydrogen-bond acceptors (Lipinski definition) is 3. The molecule has 6 nitrogen and oxygen atoms in total. The van der Waals surface area contributed by atoms with Crippen molar-refractivity contribution < 1.29 is 34.6 Å². The third-order valence-electron chi connectivity index (χ3n) is 11.8. The Morgan fingerprint density at radius 2 is 1.21 bits per heavy atom. The fourth-order valence-electron chi connectivity index (χ4n) is 8.76. The summed E-state index contributed by atoms with van der Waals surface area (Å²) in [5.41, 5.74) is 9.69. The Labute approximate surface area is 401 Å². The van der Waals surface area contributed by atoms with Crippen LogP contribution in [-0.4, -0.2) is 15.6 Å². The predicted molar refractivity (Wildman–Crippen MR) is 262 cm³/mol. The molecule has 1 aliphatic heterocycles.